The van der Waals surface area contributed by atoms with Gasteiger partial charge >= 0.3 is 0 Å². The first-order chi connectivity index (χ1) is 7.93. The van der Waals surface area contributed by atoms with Crippen LogP contribution in [0.2, 0.25) is 0 Å². The number of nitrogens with one attached hydrogen (secondary N) is 1. The molecular formula is C11H17N3O2. The normalized spacial score (nSPS) is 30.8. The van der Waals surface area contributed by atoms with E-state index in [4.69, 9.17) is 9.26 Å². The first-order valence-corrected chi connectivity index (χ1v) is 6.09. The number of rotatable bonds is 2. The summed E-state index contributed by atoms with van der Waals surface area (Å²) in [5, 5.41) is 7.44. The molecule has 1 aromatic rings. The minimum atomic E-state index is 0.0396. The number of ether oxygens (including phenoxy) is 1. The molecule has 2 fully saturated rings. The first kappa shape index (κ1) is 10.2. The van der Waals surface area contributed by atoms with Gasteiger partial charge in [0.25, 0.3) is 5.89 Å². The van der Waals surface area contributed by atoms with Gasteiger partial charge in [0.15, 0.2) is 5.82 Å². The highest BCUT2D eigenvalue weighted by Gasteiger charge is 2.26. The molecule has 2 aliphatic heterocycles. The second-order valence-electron chi connectivity index (χ2n) is 4.54. The summed E-state index contributed by atoms with van der Waals surface area (Å²) in [6.07, 6.45) is 4.47. The SMILES string of the molecule is C1CNCC(c2noc(C3CCCO3)n2)C1. The first-order valence-electron chi connectivity index (χ1n) is 6.09. The second-order valence-corrected chi connectivity index (χ2v) is 4.54. The van der Waals surface area contributed by atoms with Crippen LogP contribution in [0.15, 0.2) is 4.52 Å². The van der Waals surface area contributed by atoms with Crippen molar-refractivity contribution in [2.75, 3.05) is 19.7 Å². The standard InChI is InChI=1S/C11H17N3O2/c1-3-8(7-12-5-1)10-13-11(16-14-10)9-4-2-6-15-9/h8-9,12H,1-7H2. The molecule has 0 amide bonds. The van der Waals surface area contributed by atoms with Crippen LogP contribution in [0.3, 0.4) is 0 Å². The molecule has 0 aliphatic carbocycles. The fraction of sp³-hybridized carbons (Fsp3) is 0.818. The smallest absolute Gasteiger partial charge is 0.255 e. The van der Waals surface area contributed by atoms with Crippen LogP contribution in [-0.2, 0) is 4.74 Å². The average molecular weight is 223 g/mol. The largest absolute Gasteiger partial charge is 0.368 e. The van der Waals surface area contributed by atoms with E-state index >= 15 is 0 Å². The third-order valence-corrected chi connectivity index (χ3v) is 3.32. The average Bonchev–Trinajstić information content (AvgIpc) is 3.01. The molecule has 16 heavy (non-hydrogen) atoms. The van der Waals surface area contributed by atoms with Gasteiger partial charge in [-0.05, 0) is 32.2 Å². The van der Waals surface area contributed by atoms with E-state index in [2.05, 4.69) is 15.5 Å². The van der Waals surface area contributed by atoms with Crippen molar-refractivity contribution in [2.45, 2.75) is 37.7 Å². The summed E-state index contributed by atoms with van der Waals surface area (Å²) in [7, 11) is 0. The molecule has 0 radical (unpaired) electrons. The maximum Gasteiger partial charge on any atom is 0.255 e. The molecule has 0 saturated carbocycles. The lowest BCUT2D eigenvalue weighted by atomic mass is 9.99. The number of nitrogens with zero attached hydrogens (tertiary/aromatic N) is 2. The molecule has 2 saturated heterocycles. The minimum Gasteiger partial charge on any atom is -0.368 e. The molecule has 0 spiro atoms. The van der Waals surface area contributed by atoms with E-state index in [1.807, 2.05) is 0 Å². The zero-order valence-electron chi connectivity index (χ0n) is 9.32. The van der Waals surface area contributed by atoms with E-state index in [0.29, 0.717) is 11.8 Å². The maximum atomic E-state index is 5.53. The Morgan fingerprint density at radius 2 is 2.25 bits per heavy atom. The predicted octanol–water partition coefficient (Wildman–Crippen LogP) is 1.39. The monoisotopic (exact) mass is 223 g/mol. The zero-order valence-corrected chi connectivity index (χ0v) is 9.32. The fourth-order valence-corrected chi connectivity index (χ4v) is 2.39. The van der Waals surface area contributed by atoms with Gasteiger partial charge in [0, 0.05) is 19.1 Å². The summed E-state index contributed by atoms with van der Waals surface area (Å²) >= 11 is 0. The quantitative estimate of drug-likeness (QED) is 0.821. The summed E-state index contributed by atoms with van der Waals surface area (Å²) in [6, 6.07) is 0. The van der Waals surface area contributed by atoms with Gasteiger partial charge in [-0.15, -0.1) is 0 Å². The third kappa shape index (κ3) is 1.97. The summed E-state index contributed by atoms with van der Waals surface area (Å²) in [5.41, 5.74) is 0. The number of piperidine rings is 1. The summed E-state index contributed by atoms with van der Waals surface area (Å²) in [6.45, 7) is 2.88. The van der Waals surface area contributed by atoms with E-state index in [1.165, 1.54) is 6.42 Å². The number of hydrogen-bond acceptors (Lipinski definition) is 5. The second kappa shape index (κ2) is 4.51. The van der Waals surface area contributed by atoms with Gasteiger partial charge in [-0.2, -0.15) is 4.98 Å². The lowest BCUT2D eigenvalue weighted by Gasteiger charge is -2.19. The fourth-order valence-electron chi connectivity index (χ4n) is 2.39. The third-order valence-electron chi connectivity index (χ3n) is 3.32. The molecule has 1 N–H and O–H groups in total. The van der Waals surface area contributed by atoms with Gasteiger partial charge in [0.1, 0.15) is 6.10 Å². The highest BCUT2D eigenvalue weighted by atomic mass is 16.5. The summed E-state index contributed by atoms with van der Waals surface area (Å²) in [5.74, 6) is 1.92. The van der Waals surface area contributed by atoms with Crippen LogP contribution in [0.5, 0.6) is 0 Å². The maximum absolute atomic E-state index is 5.53. The highest BCUT2D eigenvalue weighted by Crippen LogP contribution is 2.29. The van der Waals surface area contributed by atoms with Gasteiger partial charge in [0.05, 0.1) is 0 Å². The van der Waals surface area contributed by atoms with Gasteiger partial charge < -0.3 is 14.6 Å². The molecule has 0 aromatic carbocycles. The Balaban J connectivity index is 1.71. The Bertz CT molecular complexity index is 341. The topological polar surface area (TPSA) is 60.2 Å². The van der Waals surface area contributed by atoms with Crippen molar-refractivity contribution in [3.05, 3.63) is 11.7 Å². The lowest BCUT2D eigenvalue weighted by Crippen LogP contribution is -2.28. The molecule has 2 unspecified atom stereocenters. The van der Waals surface area contributed by atoms with Crippen LogP contribution in [0.1, 0.15) is 49.4 Å². The van der Waals surface area contributed by atoms with Crippen LogP contribution in [-0.4, -0.2) is 29.8 Å². The molecule has 5 nitrogen and oxygen atoms in total. The van der Waals surface area contributed by atoms with E-state index in [-0.39, 0.29) is 6.10 Å². The van der Waals surface area contributed by atoms with E-state index in [0.717, 1.165) is 44.8 Å². The van der Waals surface area contributed by atoms with Crippen molar-refractivity contribution in [3.63, 3.8) is 0 Å². The van der Waals surface area contributed by atoms with Gasteiger partial charge in [-0.25, -0.2) is 0 Å². The number of hydrogen-bond donors (Lipinski definition) is 1. The molecule has 2 atom stereocenters. The van der Waals surface area contributed by atoms with Crippen molar-refractivity contribution < 1.29 is 9.26 Å². The highest BCUT2D eigenvalue weighted by molar-refractivity contribution is 5.00. The van der Waals surface area contributed by atoms with Gasteiger partial charge in [-0.3, -0.25) is 0 Å². The van der Waals surface area contributed by atoms with Crippen molar-refractivity contribution in [1.82, 2.24) is 15.5 Å². The Hall–Kier alpha value is -0.940. The molecule has 5 heteroatoms. The zero-order chi connectivity index (χ0) is 10.8. The Morgan fingerprint density at radius 3 is 3.00 bits per heavy atom. The molecule has 88 valence electrons. The van der Waals surface area contributed by atoms with Crippen LogP contribution >= 0.6 is 0 Å². The van der Waals surface area contributed by atoms with Crippen molar-refractivity contribution in [2.24, 2.45) is 0 Å². The Labute approximate surface area is 94.6 Å². The number of aromatic nitrogens is 2. The van der Waals surface area contributed by atoms with Gasteiger partial charge in [0.2, 0.25) is 0 Å². The molecule has 2 aliphatic rings. The summed E-state index contributed by atoms with van der Waals surface area (Å²) in [4.78, 5) is 4.47. The molecule has 3 heterocycles. The van der Waals surface area contributed by atoms with E-state index < -0.39 is 0 Å². The Morgan fingerprint density at radius 1 is 1.25 bits per heavy atom. The van der Waals surface area contributed by atoms with Crippen molar-refractivity contribution >= 4 is 0 Å². The molecule has 1 aromatic heterocycles. The van der Waals surface area contributed by atoms with Crippen molar-refractivity contribution in [3.8, 4) is 0 Å². The Kier molecular flexibility index (Phi) is 2.88. The molecular weight excluding hydrogens is 206 g/mol. The van der Waals surface area contributed by atoms with Gasteiger partial charge in [-0.1, -0.05) is 5.16 Å². The van der Waals surface area contributed by atoms with Crippen molar-refractivity contribution in [1.29, 1.82) is 0 Å². The van der Waals surface area contributed by atoms with E-state index in [1.54, 1.807) is 0 Å². The minimum absolute atomic E-state index is 0.0396. The van der Waals surface area contributed by atoms with Crippen LogP contribution in [0.4, 0.5) is 0 Å². The molecule has 3 rings (SSSR count). The van der Waals surface area contributed by atoms with Crippen LogP contribution in [0.25, 0.3) is 0 Å². The summed E-state index contributed by atoms with van der Waals surface area (Å²) < 4.78 is 10.8. The predicted molar refractivity (Wildman–Crippen MR) is 57.1 cm³/mol. The lowest BCUT2D eigenvalue weighted by molar-refractivity contribution is 0.0835. The van der Waals surface area contributed by atoms with Crippen LogP contribution < -0.4 is 5.32 Å². The van der Waals surface area contributed by atoms with Crippen LogP contribution in [0, 0.1) is 0 Å². The molecule has 0 bridgehead atoms. The van der Waals surface area contributed by atoms with E-state index in [9.17, 15) is 0 Å².